The van der Waals surface area contributed by atoms with Crippen LogP contribution in [0, 0.1) is 11.6 Å². The number of rotatable bonds is 3. The van der Waals surface area contributed by atoms with Crippen molar-refractivity contribution < 1.29 is 27.9 Å². The third kappa shape index (κ3) is 2.18. The number of halogens is 2. The van der Waals surface area contributed by atoms with Gasteiger partial charge in [0.05, 0.1) is 24.8 Å². The molecule has 5 nitrogen and oxygen atoms in total. The van der Waals surface area contributed by atoms with Crippen LogP contribution in [0.5, 0.6) is 0 Å². The molecule has 1 aromatic carbocycles. The van der Waals surface area contributed by atoms with Crippen LogP contribution in [0.25, 0.3) is 0 Å². The van der Waals surface area contributed by atoms with Crippen molar-refractivity contribution in [1.82, 2.24) is 0 Å². The Labute approximate surface area is 106 Å². The zero-order valence-corrected chi connectivity index (χ0v) is 9.91. The van der Waals surface area contributed by atoms with E-state index in [-0.39, 0.29) is 24.2 Å². The molecule has 0 N–H and O–H groups in total. The minimum absolute atomic E-state index is 0.189. The lowest BCUT2D eigenvalue weighted by molar-refractivity contribution is -0.140. The number of carbonyl (C=O) groups excluding carboxylic acids is 3. The smallest absolute Gasteiger partial charge is 0.307 e. The molecule has 0 atom stereocenters. The number of hydrogen-bond donors (Lipinski definition) is 0. The average Bonchev–Trinajstić information content (AvgIpc) is 2.60. The summed E-state index contributed by atoms with van der Waals surface area (Å²) in [7, 11) is 1.17. The first-order chi connectivity index (χ1) is 8.95. The van der Waals surface area contributed by atoms with Gasteiger partial charge in [-0.3, -0.25) is 14.4 Å². The topological polar surface area (TPSA) is 63.7 Å². The highest BCUT2D eigenvalue weighted by molar-refractivity contribution is 6.52. The molecule has 0 spiro atoms. The fraction of sp³-hybridized carbons (Fsp3) is 0.250. The third-order valence-electron chi connectivity index (χ3n) is 2.75. The quantitative estimate of drug-likeness (QED) is 0.608. The van der Waals surface area contributed by atoms with Gasteiger partial charge in [0.15, 0.2) is 5.82 Å². The number of anilines is 1. The molecule has 1 aliphatic rings. The first-order valence-corrected chi connectivity index (χ1v) is 5.37. The monoisotopic (exact) mass is 269 g/mol. The first-order valence-electron chi connectivity index (χ1n) is 5.37. The second kappa shape index (κ2) is 4.75. The first kappa shape index (κ1) is 13.1. The molecule has 0 aromatic heterocycles. The van der Waals surface area contributed by atoms with Gasteiger partial charge in [-0.05, 0) is 6.07 Å². The van der Waals surface area contributed by atoms with Crippen LogP contribution in [-0.2, 0) is 14.3 Å². The summed E-state index contributed by atoms with van der Waals surface area (Å²) in [6.07, 6.45) is -0.189. The molecule has 0 aliphatic carbocycles. The second-order valence-electron chi connectivity index (χ2n) is 3.90. The van der Waals surface area contributed by atoms with E-state index in [1.807, 2.05) is 0 Å². The molecule has 7 heteroatoms. The van der Waals surface area contributed by atoms with Crippen LogP contribution in [-0.4, -0.2) is 31.3 Å². The van der Waals surface area contributed by atoms with E-state index >= 15 is 0 Å². The van der Waals surface area contributed by atoms with Crippen molar-refractivity contribution in [2.24, 2.45) is 0 Å². The zero-order chi connectivity index (χ0) is 14.2. The molecule has 19 heavy (non-hydrogen) atoms. The number of nitrogens with zero attached hydrogens (tertiary/aromatic N) is 1. The second-order valence-corrected chi connectivity index (χ2v) is 3.90. The lowest BCUT2D eigenvalue weighted by Crippen LogP contribution is -2.32. The minimum atomic E-state index is -1.01. The van der Waals surface area contributed by atoms with E-state index in [0.29, 0.717) is 6.07 Å². The number of fused-ring (bicyclic) bond motifs is 1. The molecule has 0 fully saturated rings. The molecule has 2 rings (SSSR count). The van der Waals surface area contributed by atoms with E-state index < -0.39 is 29.3 Å². The minimum Gasteiger partial charge on any atom is -0.469 e. The Morgan fingerprint density at radius 3 is 2.63 bits per heavy atom. The predicted molar refractivity (Wildman–Crippen MR) is 59.7 cm³/mol. The Bertz CT molecular complexity index is 585. The van der Waals surface area contributed by atoms with Gasteiger partial charge in [0, 0.05) is 12.6 Å². The van der Waals surface area contributed by atoms with E-state index in [0.717, 1.165) is 11.0 Å². The van der Waals surface area contributed by atoms with Crippen LogP contribution < -0.4 is 4.90 Å². The summed E-state index contributed by atoms with van der Waals surface area (Å²) < 4.78 is 31.1. The molecular formula is C12H9F2NO4. The van der Waals surface area contributed by atoms with E-state index in [1.165, 1.54) is 7.11 Å². The molecule has 0 radical (unpaired) electrons. The van der Waals surface area contributed by atoms with Crippen LogP contribution in [0.4, 0.5) is 14.5 Å². The molecule has 1 amide bonds. The fourth-order valence-electron chi connectivity index (χ4n) is 1.87. The number of amides is 1. The molecular weight excluding hydrogens is 260 g/mol. The van der Waals surface area contributed by atoms with Crippen LogP contribution in [0.15, 0.2) is 12.1 Å². The number of hydrogen-bond acceptors (Lipinski definition) is 4. The normalized spacial score (nSPS) is 13.7. The predicted octanol–water partition coefficient (Wildman–Crippen LogP) is 1.06. The maximum atomic E-state index is 13.7. The number of esters is 1. The molecule has 0 saturated carbocycles. The summed E-state index contributed by atoms with van der Waals surface area (Å²) in [6, 6.07) is 1.38. The van der Waals surface area contributed by atoms with Crippen LogP contribution in [0.2, 0.25) is 0 Å². The van der Waals surface area contributed by atoms with Crippen molar-refractivity contribution in [2.45, 2.75) is 6.42 Å². The fourth-order valence-corrected chi connectivity index (χ4v) is 1.87. The van der Waals surface area contributed by atoms with Crippen LogP contribution in [0.1, 0.15) is 16.8 Å². The van der Waals surface area contributed by atoms with Crippen LogP contribution in [0.3, 0.4) is 0 Å². The van der Waals surface area contributed by atoms with Gasteiger partial charge in [-0.25, -0.2) is 8.78 Å². The van der Waals surface area contributed by atoms with Crippen molar-refractivity contribution in [3.05, 3.63) is 29.3 Å². The molecule has 0 saturated heterocycles. The van der Waals surface area contributed by atoms with Gasteiger partial charge in [0.2, 0.25) is 0 Å². The van der Waals surface area contributed by atoms with Gasteiger partial charge >= 0.3 is 5.97 Å². The van der Waals surface area contributed by atoms with E-state index in [2.05, 4.69) is 4.74 Å². The molecule has 0 bridgehead atoms. The van der Waals surface area contributed by atoms with E-state index in [4.69, 9.17) is 0 Å². The van der Waals surface area contributed by atoms with Crippen molar-refractivity contribution >= 4 is 23.3 Å². The number of methoxy groups -OCH3 is 1. The Kier molecular flexibility index (Phi) is 3.28. The maximum Gasteiger partial charge on any atom is 0.307 e. The van der Waals surface area contributed by atoms with Crippen molar-refractivity contribution in [3.63, 3.8) is 0 Å². The average molecular weight is 269 g/mol. The largest absolute Gasteiger partial charge is 0.469 e. The van der Waals surface area contributed by atoms with E-state index in [1.54, 1.807) is 0 Å². The van der Waals surface area contributed by atoms with Gasteiger partial charge in [0.1, 0.15) is 5.82 Å². The highest BCUT2D eigenvalue weighted by Gasteiger charge is 2.38. The Morgan fingerprint density at radius 2 is 2.00 bits per heavy atom. The lowest BCUT2D eigenvalue weighted by atomic mass is 10.1. The number of ketones is 1. The Morgan fingerprint density at radius 1 is 1.32 bits per heavy atom. The zero-order valence-electron chi connectivity index (χ0n) is 9.91. The van der Waals surface area contributed by atoms with Crippen LogP contribution >= 0.6 is 0 Å². The molecule has 1 aliphatic heterocycles. The number of ether oxygens (including phenoxy) is 1. The Hall–Kier alpha value is -2.31. The summed E-state index contributed by atoms with van der Waals surface area (Å²) >= 11 is 0. The maximum absolute atomic E-state index is 13.7. The van der Waals surface area contributed by atoms with Gasteiger partial charge in [-0.2, -0.15) is 0 Å². The lowest BCUT2D eigenvalue weighted by Gasteiger charge is -2.16. The summed E-state index contributed by atoms with van der Waals surface area (Å²) in [4.78, 5) is 35.1. The van der Waals surface area contributed by atoms with Crippen molar-refractivity contribution in [3.8, 4) is 0 Å². The number of Topliss-reactive ketones (excluding diaryl/α,β-unsaturated/α-hetero) is 1. The van der Waals surface area contributed by atoms with Crippen molar-refractivity contribution in [2.75, 3.05) is 18.6 Å². The number of benzene rings is 1. The highest BCUT2D eigenvalue weighted by atomic mass is 19.1. The molecule has 0 unspecified atom stereocenters. The summed E-state index contributed by atoms with van der Waals surface area (Å²) in [5.74, 6) is -4.52. The SMILES string of the molecule is COC(=O)CCN1C(=O)C(=O)c2cc(F)cc(F)c21. The van der Waals surface area contributed by atoms with Gasteiger partial charge in [-0.15, -0.1) is 0 Å². The summed E-state index contributed by atoms with van der Waals surface area (Å²) in [5.41, 5.74) is -0.618. The van der Waals surface area contributed by atoms with Gasteiger partial charge < -0.3 is 9.64 Å². The van der Waals surface area contributed by atoms with Gasteiger partial charge in [0.25, 0.3) is 11.7 Å². The summed E-state index contributed by atoms with van der Waals surface area (Å²) in [5, 5.41) is 0. The van der Waals surface area contributed by atoms with Crippen molar-refractivity contribution in [1.29, 1.82) is 0 Å². The van der Waals surface area contributed by atoms with Gasteiger partial charge in [-0.1, -0.05) is 0 Å². The molecule has 1 aromatic rings. The highest BCUT2D eigenvalue weighted by Crippen LogP contribution is 2.32. The summed E-state index contributed by atoms with van der Waals surface area (Å²) in [6.45, 7) is -0.202. The molecule has 1 heterocycles. The Balaban J connectivity index is 2.36. The third-order valence-corrected chi connectivity index (χ3v) is 2.75. The van der Waals surface area contributed by atoms with E-state index in [9.17, 15) is 23.2 Å². The standard InChI is InChI=1S/C12H9F2NO4/c1-19-9(16)2-3-15-10-7(11(17)12(15)18)4-6(13)5-8(10)14/h4-5H,2-3H2,1H3. The molecule has 100 valence electrons. The number of carbonyl (C=O) groups is 3.